The van der Waals surface area contributed by atoms with Gasteiger partial charge in [0.25, 0.3) is 0 Å². The normalized spacial score (nSPS) is 12.1. The molecule has 0 amide bonds. The van der Waals surface area contributed by atoms with Crippen LogP contribution in [0.3, 0.4) is 0 Å². The largest absolute Gasteiger partial charge is 0.460 e. The fourth-order valence-corrected chi connectivity index (χ4v) is 1.67. The van der Waals surface area contributed by atoms with Gasteiger partial charge in [-0.3, -0.25) is 0 Å². The van der Waals surface area contributed by atoms with Crippen molar-refractivity contribution in [1.29, 1.82) is 0 Å². The van der Waals surface area contributed by atoms with Crippen molar-refractivity contribution >= 4 is 5.97 Å². The van der Waals surface area contributed by atoms with Crippen LogP contribution in [0.25, 0.3) is 0 Å². The maximum atomic E-state index is 10.7. The Kier molecular flexibility index (Phi) is 12.9. The monoisotopic (exact) mass is 272 g/mol. The molecule has 4 heteroatoms. The number of esters is 1. The lowest BCUT2D eigenvalue weighted by Gasteiger charge is -2.11. The summed E-state index contributed by atoms with van der Waals surface area (Å²) >= 11 is 0. The Hall–Kier alpha value is -0.870. The van der Waals surface area contributed by atoms with Crippen molar-refractivity contribution in [3.05, 3.63) is 12.7 Å². The topological polar surface area (TPSA) is 55.8 Å². The number of hydrogen-bond donors (Lipinski definition) is 1. The van der Waals surface area contributed by atoms with Gasteiger partial charge in [-0.1, -0.05) is 52.0 Å². The minimum Gasteiger partial charge on any atom is -0.460 e. The Balaban J connectivity index is 3.20. The molecule has 0 aliphatic heterocycles. The number of aliphatic hydroxyl groups is 1. The summed E-state index contributed by atoms with van der Waals surface area (Å²) in [5.74, 6) is -0.522. The van der Waals surface area contributed by atoms with Gasteiger partial charge in [0.05, 0.1) is 6.61 Å². The van der Waals surface area contributed by atoms with E-state index >= 15 is 0 Å². The summed E-state index contributed by atoms with van der Waals surface area (Å²) < 4.78 is 10.0. The molecule has 1 unspecified atom stereocenters. The van der Waals surface area contributed by atoms with E-state index in [0.717, 1.165) is 12.5 Å². The van der Waals surface area contributed by atoms with Crippen LogP contribution in [0.4, 0.5) is 0 Å². The van der Waals surface area contributed by atoms with E-state index in [1.807, 2.05) is 0 Å². The highest BCUT2D eigenvalue weighted by Crippen LogP contribution is 2.06. The highest BCUT2D eigenvalue weighted by Gasteiger charge is 2.06. The Morgan fingerprint density at radius 1 is 1.16 bits per heavy atom. The van der Waals surface area contributed by atoms with Crippen molar-refractivity contribution in [1.82, 2.24) is 0 Å². The molecule has 0 radical (unpaired) electrons. The first-order chi connectivity index (χ1) is 9.20. The fraction of sp³-hybridized carbons (Fsp3) is 0.800. The predicted octanol–water partition coefficient (Wildman–Crippen LogP) is 2.84. The van der Waals surface area contributed by atoms with E-state index in [1.165, 1.54) is 38.5 Å². The lowest BCUT2D eigenvalue weighted by molar-refractivity contribution is -0.141. The molecule has 0 saturated carbocycles. The first-order valence-corrected chi connectivity index (χ1v) is 7.25. The molecule has 0 aromatic heterocycles. The third kappa shape index (κ3) is 13.4. The third-order valence-electron chi connectivity index (χ3n) is 2.79. The van der Waals surface area contributed by atoms with Crippen LogP contribution in [0.5, 0.6) is 0 Å². The first kappa shape index (κ1) is 18.1. The summed E-state index contributed by atoms with van der Waals surface area (Å²) in [7, 11) is 0. The zero-order valence-electron chi connectivity index (χ0n) is 12.1. The Labute approximate surface area is 116 Å². The highest BCUT2D eigenvalue weighted by molar-refractivity contribution is 5.81. The standard InChI is InChI=1S/C15H28O4/c1-3-5-6-7-8-9-10-11-18-12-14(16)13-19-15(17)4-2/h4,14,16H,2-3,5-13H2,1H3. The molecule has 0 rings (SSSR count). The van der Waals surface area contributed by atoms with Crippen LogP contribution < -0.4 is 0 Å². The fourth-order valence-electron chi connectivity index (χ4n) is 1.67. The quantitative estimate of drug-likeness (QED) is 0.318. The molecule has 0 heterocycles. The molecule has 1 atom stereocenters. The van der Waals surface area contributed by atoms with Gasteiger partial charge in [0.1, 0.15) is 12.7 Å². The van der Waals surface area contributed by atoms with Crippen molar-refractivity contribution in [2.24, 2.45) is 0 Å². The maximum Gasteiger partial charge on any atom is 0.330 e. The van der Waals surface area contributed by atoms with E-state index < -0.39 is 12.1 Å². The molecular weight excluding hydrogens is 244 g/mol. The molecule has 0 aromatic carbocycles. The van der Waals surface area contributed by atoms with Gasteiger partial charge in [-0.05, 0) is 6.42 Å². The number of aliphatic hydroxyl groups excluding tert-OH is 1. The molecule has 0 saturated heterocycles. The van der Waals surface area contributed by atoms with Crippen LogP contribution in [0.1, 0.15) is 51.9 Å². The average Bonchev–Trinajstić information content (AvgIpc) is 2.42. The molecule has 4 nitrogen and oxygen atoms in total. The second-order valence-electron chi connectivity index (χ2n) is 4.68. The Morgan fingerprint density at radius 2 is 1.79 bits per heavy atom. The second-order valence-corrected chi connectivity index (χ2v) is 4.68. The number of hydrogen-bond acceptors (Lipinski definition) is 4. The van der Waals surface area contributed by atoms with Crippen LogP contribution in [0.2, 0.25) is 0 Å². The number of rotatable bonds is 13. The van der Waals surface area contributed by atoms with Crippen molar-refractivity contribution in [2.45, 2.75) is 58.0 Å². The summed E-state index contributed by atoms with van der Waals surface area (Å²) in [6, 6.07) is 0. The van der Waals surface area contributed by atoms with E-state index in [4.69, 9.17) is 9.47 Å². The smallest absolute Gasteiger partial charge is 0.330 e. The van der Waals surface area contributed by atoms with Crippen LogP contribution in [-0.4, -0.2) is 37.0 Å². The van der Waals surface area contributed by atoms with Gasteiger partial charge >= 0.3 is 5.97 Å². The summed E-state index contributed by atoms with van der Waals surface area (Å²) in [4.78, 5) is 10.7. The number of carbonyl (C=O) groups is 1. The lowest BCUT2D eigenvalue weighted by atomic mass is 10.1. The van der Waals surface area contributed by atoms with Gasteiger partial charge in [0.2, 0.25) is 0 Å². The third-order valence-corrected chi connectivity index (χ3v) is 2.79. The van der Waals surface area contributed by atoms with Gasteiger partial charge in [-0.25, -0.2) is 4.79 Å². The van der Waals surface area contributed by atoms with Crippen LogP contribution in [0.15, 0.2) is 12.7 Å². The number of unbranched alkanes of at least 4 members (excludes halogenated alkanes) is 6. The van der Waals surface area contributed by atoms with Crippen molar-refractivity contribution in [3.63, 3.8) is 0 Å². The van der Waals surface area contributed by atoms with Crippen LogP contribution in [-0.2, 0) is 14.3 Å². The first-order valence-electron chi connectivity index (χ1n) is 7.25. The Morgan fingerprint density at radius 3 is 2.42 bits per heavy atom. The van der Waals surface area contributed by atoms with Crippen LogP contribution in [0, 0.1) is 0 Å². The molecule has 0 aliphatic rings. The van der Waals surface area contributed by atoms with E-state index in [2.05, 4.69) is 13.5 Å². The van der Waals surface area contributed by atoms with Crippen molar-refractivity contribution in [2.75, 3.05) is 19.8 Å². The summed E-state index contributed by atoms with van der Waals surface area (Å²) in [5.41, 5.74) is 0. The average molecular weight is 272 g/mol. The molecule has 19 heavy (non-hydrogen) atoms. The molecular formula is C15H28O4. The highest BCUT2D eigenvalue weighted by atomic mass is 16.5. The minimum absolute atomic E-state index is 0.0398. The molecule has 0 spiro atoms. The zero-order valence-corrected chi connectivity index (χ0v) is 12.1. The maximum absolute atomic E-state index is 10.7. The number of ether oxygens (including phenoxy) is 2. The van der Waals surface area contributed by atoms with Gasteiger partial charge in [-0.2, -0.15) is 0 Å². The second kappa shape index (κ2) is 13.6. The number of carbonyl (C=O) groups excluding carboxylic acids is 1. The van der Waals surface area contributed by atoms with Crippen molar-refractivity contribution in [3.8, 4) is 0 Å². The zero-order chi connectivity index (χ0) is 14.3. The van der Waals surface area contributed by atoms with Gasteiger partial charge in [0.15, 0.2) is 0 Å². The van der Waals surface area contributed by atoms with E-state index in [9.17, 15) is 9.90 Å². The molecule has 0 bridgehead atoms. The van der Waals surface area contributed by atoms with E-state index in [-0.39, 0.29) is 13.2 Å². The molecule has 0 aliphatic carbocycles. The van der Waals surface area contributed by atoms with Gasteiger partial charge in [0, 0.05) is 12.7 Å². The molecule has 0 aromatic rings. The van der Waals surface area contributed by atoms with Gasteiger partial charge in [-0.15, -0.1) is 0 Å². The van der Waals surface area contributed by atoms with E-state index in [0.29, 0.717) is 6.61 Å². The molecule has 0 fully saturated rings. The summed E-state index contributed by atoms with van der Waals surface area (Å²) in [5, 5.41) is 9.46. The Bertz CT molecular complexity index is 228. The molecule has 1 N–H and O–H groups in total. The van der Waals surface area contributed by atoms with Crippen molar-refractivity contribution < 1.29 is 19.4 Å². The van der Waals surface area contributed by atoms with E-state index in [1.54, 1.807) is 0 Å². The predicted molar refractivity (Wildman–Crippen MR) is 76.0 cm³/mol. The van der Waals surface area contributed by atoms with Gasteiger partial charge < -0.3 is 14.6 Å². The lowest BCUT2D eigenvalue weighted by Crippen LogP contribution is -2.23. The molecule has 112 valence electrons. The van der Waals surface area contributed by atoms with Crippen LogP contribution >= 0.6 is 0 Å². The summed E-state index contributed by atoms with van der Waals surface area (Å²) in [6.45, 7) is 6.31. The summed E-state index contributed by atoms with van der Waals surface area (Å²) in [6.07, 6.45) is 8.99. The minimum atomic E-state index is -0.756. The SMILES string of the molecule is C=CC(=O)OCC(O)COCCCCCCCCC.